The van der Waals surface area contributed by atoms with Crippen LogP contribution in [0.3, 0.4) is 0 Å². The first-order chi connectivity index (χ1) is 11.9. The van der Waals surface area contributed by atoms with Gasteiger partial charge in [0.25, 0.3) is 5.91 Å². The Morgan fingerprint density at radius 1 is 1.04 bits per heavy atom. The fourth-order valence-corrected chi connectivity index (χ4v) is 2.19. The van der Waals surface area contributed by atoms with Crippen molar-refractivity contribution >= 4 is 29.2 Å². The summed E-state index contributed by atoms with van der Waals surface area (Å²) in [6, 6.07) is 9.76. The minimum Gasteiger partial charge on any atom is -0.497 e. The monoisotopic (exact) mass is 363 g/mol. The molecule has 2 aromatic rings. The van der Waals surface area contributed by atoms with E-state index in [1.54, 1.807) is 24.3 Å². The van der Waals surface area contributed by atoms with Crippen LogP contribution in [-0.2, 0) is 9.53 Å². The van der Waals surface area contributed by atoms with E-state index in [0.29, 0.717) is 22.2 Å². The van der Waals surface area contributed by atoms with Crippen LogP contribution in [0, 0.1) is 6.92 Å². The molecule has 0 spiro atoms. The molecule has 0 aliphatic rings. The number of rotatable bonds is 6. The Balaban J connectivity index is 1.97. The molecule has 0 saturated heterocycles. The SMILES string of the molecule is COc1cc(OC)cc(C(=O)OCC(=O)Nc2ccc(C)c(Cl)c2)c1. The third kappa shape index (κ3) is 5.12. The van der Waals surface area contributed by atoms with Crippen LogP contribution in [0.15, 0.2) is 36.4 Å². The van der Waals surface area contributed by atoms with Crippen LogP contribution in [0.4, 0.5) is 5.69 Å². The number of nitrogens with one attached hydrogen (secondary N) is 1. The van der Waals surface area contributed by atoms with Gasteiger partial charge in [0.15, 0.2) is 6.61 Å². The summed E-state index contributed by atoms with van der Waals surface area (Å²) in [5.41, 5.74) is 1.65. The molecule has 0 aliphatic heterocycles. The van der Waals surface area contributed by atoms with Crippen LogP contribution in [0.5, 0.6) is 11.5 Å². The summed E-state index contributed by atoms with van der Waals surface area (Å²) < 4.78 is 15.2. The topological polar surface area (TPSA) is 73.9 Å². The summed E-state index contributed by atoms with van der Waals surface area (Å²) in [6.07, 6.45) is 0. The van der Waals surface area contributed by atoms with Crippen LogP contribution in [-0.4, -0.2) is 32.7 Å². The molecule has 1 N–H and O–H groups in total. The van der Waals surface area contributed by atoms with E-state index in [4.69, 9.17) is 25.8 Å². The maximum Gasteiger partial charge on any atom is 0.338 e. The fraction of sp³-hybridized carbons (Fsp3) is 0.222. The summed E-state index contributed by atoms with van der Waals surface area (Å²) in [7, 11) is 2.95. The predicted molar refractivity (Wildman–Crippen MR) is 94.6 cm³/mol. The molecule has 6 nitrogen and oxygen atoms in total. The zero-order valence-corrected chi connectivity index (χ0v) is 14.8. The maximum atomic E-state index is 12.1. The molecule has 0 aliphatic carbocycles. The molecule has 1 amide bonds. The second kappa shape index (κ2) is 8.39. The number of esters is 1. The minimum absolute atomic E-state index is 0.224. The van der Waals surface area contributed by atoms with Crippen molar-refractivity contribution in [2.75, 3.05) is 26.1 Å². The Morgan fingerprint density at radius 3 is 2.24 bits per heavy atom. The van der Waals surface area contributed by atoms with Crippen molar-refractivity contribution in [3.05, 3.63) is 52.5 Å². The molecule has 132 valence electrons. The molecule has 0 aromatic heterocycles. The van der Waals surface area contributed by atoms with Gasteiger partial charge in [-0.2, -0.15) is 0 Å². The zero-order chi connectivity index (χ0) is 18.4. The number of amides is 1. The van der Waals surface area contributed by atoms with Gasteiger partial charge < -0.3 is 19.5 Å². The third-order valence-corrected chi connectivity index (χ3v) is 3.78. The van der Waals surface area contributed by atoms with Gasteiger partial charge in [-0.15, -0.1) is 0 Å². The first-order valence-corrected chi connectivity index (χ1v) is 7.77. The van der Waals surface area contributed by atoms with E-state index in [1.165, 1.54) is 26.4 Å². The molecule has 2 aromatic carbocycles. The molecule has 0 radical (unpaired) electrons. The number of carbonyl (C=O) groups is 2. The minimum atomic E-state index is -0.658. The molecular formula is C18H18ClNO5. The summed E-state index contributed by atoms with van der Waals surface area (Å²) >= 11 is 6.00. The Morgan fingerprint density at radius 2 is 1.68 bits per heavy atom. The third-order valence-electron chi connectivity index (χ3n) is 3.38. The number of ether oxygens (including phenoxy) is 3. The Labute approximate surface area is 150 Å². The highest BCUT2D eigenvalue weighted by Crippen LogP contribution is 2.23. The number of benzene rings is 2. The number of halogens is 1. The van der Waals surface area contributed by atoms with Crippen molar-refractivity contribution in [2.24, 2.45) is 0 Å². The zero-order valence-electron chi connectivity index (χ0n) is 14.1. The highest BCUT2D eigenvalue weighted by molar-refractivity contribution is 6.31. The van der Waals surface area contributed by atoms with Gasteiger partial charge in [0.1, 0.15) is 11.5 Å². The summed E-state index contributed by atoms with van der Waals surface area (Å²) in [5.74, 6) is -0.229. The van der Waals surface area contributed by atoms with E-state index in [2.05, 4.69) is 5.32 Å². The lowest BCUT2D eigenvalue weighted by molar-refractivity contribution is -0.119. The lowest BCUT2D eigenvalue weighted by Gasteiger charge is -2.09. The van der Waals surface area contributed by atoms with Crippen LogP contribution in [0.2, 0.25) is 5.02 Å². The normalized spacial score (nSPS) is 10.1. The van der Waals surface area contributed by atoms with Crippen molar-refractivity contribution in [1.82, 2.24) is 0 Å². The highest BCUT2D eigenvalue weighted by atomic mass is 35.5. The Bertz CT molecular complexity index is 769. The van der Waals surface area contributed by atoms with Crippen LogP contribution in [0.1, 0.15) is 15.9 Å². The van der Waals surface area contributed by atoms with Crippen LogP contribution < -0.4 is 14.8 Å². The molecule has 2 rings (SSSR count). The molecule has 0 heterocycles. The van der Waals surface area contributed by atoms with E-state index in [9.17, 15) is 9.59 Å². The lowest BCUT2D eigenvalue weighted by Crippen LogP contribution is -2.21. The van der Waals surface area contributed by atoms with Gasteiger partial charge in [0.05, 0.1) is 19.8 Å². The molecular weight excluding hydrogens is 346 g/mol. The molecule has 0 atom stereocenters. The quantitative estimate of drug-likeness (QED) is 0.795. The standard InChI is InChI=1S/C18H18ClNO5/c1-11-4-5-13(8-16(11)19)20-17(21)10-25-18(22)12-6-14(23-2)9-15(7-12)24-3/h4-9H,10H2,1-3H3,(H,20,21). The molecule has 0 saturated carbocycles. The summed E-state index contributed by atoms with van der Waals surface area (Å²) in [6.45, 7) is 1.43. The van der Waals surface area contributed by atoms with Crippen LogP contribution >= 0.6 is 11.6 Å². The van der Waals surface area contributed by atoms with Gasteiger partial charge >= 0.3 is 5.97 Å². The van der Waals surface area contributed by atoms with E-state index in [0.717, 1.165) is 5.56 Å². The van der Waals surface area contributed by atoms with Crippen molar-refractivity contribution < 1.29 is 23.8 Å². The van der Waals surface area contributed by atoms with Gasteiger partial charge in [0, 0.05) is 16.8 Å². The Hall–Kier alpha value is -2.73. The van der Waals surface area contributed by atoms with E-state index < -0.39 is 18.5 Å². The van der Waals surface area contributed by atoms with Crippen molar-refractivity contribution in [1.29, 1.82) is 0 Å². The summed E-state index contributed by atoms with van der Waals surface area (Å²) in [5, 5.41) is 3.15. The van der Waals surface area contributed by atoms with E-state index in [-0.39, 0.29) is 5.56 Å². The smallest absolute Gasteiger partial charge is 0.338 e. The van der Waals surface area contributed by atoms with Crippen molar-refractivity contribution in [3.8, 4) is 11.5 Å². The van der Waals surface area contributed by atoms with Crippen molar-refractivity contribution in [3.63, 3.8) is 0 Å². The average molecular weight is 364 g/mol. The van der Waals surface area contributed by atoms with Gasteiger partial charge in [-0.05, 0) is 36.8 Å². The van der Waals surface area contributed by atoms with Crippen LogP contribution in [0.25, 0.3) is 0 Å². The summed E-state index contributed by atoms with van der Waals surface area (Å²) in [4.78, 5) is 24.0. The molecule has 25 heavy (non-hydrogen) atoms. The maximum absolute atomic E-state index is 12.1. The fourth-order valence-electron chi connectivity index (χ4n) is 2.01. The highest BCUT2D eigenvalue weighted by Gasteiger charge is 2.13. The molecule has 7 heteroatoms. The number of hydrogen-bond acceptors (Lipinski definition) is 5. The molecule has 0 fully saturated rings. The molecule has 0 bridgehead atoms. The van der Waals surface area contributed by atoms with E-state index >= 15 is 0 Å². The first kappa shape index (κ1) is 18.6. The second-order valence-corrected chi connectivity index (χ2v) is 5.60. The average Bonchev–Trinajstić information content (AvgIpc) is 2.62. The van der Waals surface area contributed by atoms with Gasteiger partial charge in [-0.1, -0.05) is 17.7 Å². The number of carbonyl (C=O) groups excluding carboxylic acids is 2. The Kier molecular flexibility index (Phi) is 6.25. The number of methoxy groups -OCH3 is 2. The van der Waals surface area contributed by atoms with Gasteiger partial charge in [0.2, 0.25) is 0 Å². The second-order valence-electron chi connectivity index (χ2n) is 5.19. The van der Waals surface area contributed by atoms with Gasteiger partial charge in [-0.25, -0.2) is 4.79 Å². The predicted octanol–water partition coefficient (Wildman–Crippen LogP) is 3.46. The lowest BCUT2D eigenvalue weighted by atomic mass is 10.2. The number of aryl methyl sites for hydroxylation is 1. The van der Waals surface area contributed by atoms with E-state index in [1.807, 2.05) is 6.92 Å². The first-order valence-electron chi connectivity index (χ1n) is 7.39. The number of hydrogen-bond donors (Lipinski definition) is 1. The number of anilines is 1. The molecule has 0 unspecified atom stereocenters. The largest absolute Gasteiger partial charge is 0.497 e. The van der Waals surface area contributed by atoms with Gasteiger partial charge in [-0.3, -0.25) is 4.79 Å². The van der Waals surface area contributed by atoms with Crippen molar-refractivity contribution in [2.45, 2.75) is 6.92 Å².